The molecule has 1 atom stereocenters. The molecule has 1 fully saturated rings. The highest BCUT2D eigenvalue weighted by Crippen LogP contribution is 2.31. The highest BCUT2D eigenvalue weighted by atomic mass is 16.5. The Morgan fingerprint density at radius 2 is 1.85 bits per heavy atom. The van der Waals surface area contributed by atoms with Crippen LogP contribution in [-0.4, -0.2) is 57.2 Å². The molecule has 12 heteroatoms. The molecule has 0 spiro atoms. The molecule has 1 aliphatic rings. The highest BCUT2D eigenvalue weighted by molar-refractivity contribution is 5.88. The number of amides is 2. The number of benzene rings is 1. The number of nitrogens with zero attached hydrogens (tertiary/aromatic N) is 5. The van der Waals surface area contributed by atoms with Gasteiger partial charge < -0.3 is 28.5 Å². The lowest BCUT2D eigenvalue weighted by atomic mass is 10.1. The van der Waals surface area contributed by atoms with Crippen LogP contribution in [0.15, 0.2) is 63.8 Å². The normalized spacial score (nSPS) is 14.2. The van der Waals surface area contributed by atoms with Gasteiger partial charge in [-0.15, -0.1) is 10.2 Å². The largest absolute Gasteiger partial charge is 0.493 e. The maximum atomic E-state index is 13.7. The second kappa shape index (κ2) is 11.8. The Kier molecular flexibility index (Phi) is 7.90. The Morgan fingerprint density at radius 1 is 1.08 bits per heavy atom. The van der Waals surface area contributed by atoms with Crippen LogP contribution in [0.25, 0.3) is 11.4 Å². The number of hydrogen-bond acceptors (Lipinski definition) is 9. The zero-order valence-corrected chi connectivity index (χ0v) is 21.8. The molecule has 2 amide bonds. The van der Waals surface area contributed by atoms with Crippen molar-refractivity contribution in [2.75, 3.05) is 14.2 Å². The molecule has 1 saturated carbocycles. The van der Waals surface area contributed by atoms with E-state index in [1.54, 1.807) is 49.6 Å². The fourth-order valence-electron chi connectivity index (χ4n) is 4.73. The summed E-state index contributed by atoms with van der Waals surface area (Å²) in [6.07, 6.45) is 6.94. The summed E-state index contributed by atoms with van der Waals surface area (Å²) >= 11 is 0. The Balaban J connectivity index is 1.40. The van der Waals surface area contributed by atoms with Crippen LogP contribution in [0.2, 0.25) is 0 Å². The van der Waals surface area contributed by atoms with Crippen LogP contribution in [0, 0.1) is 0 Å². The van der Waals surface area contributed by atoms with Crippen LogP contribution in [0.4, 0.5) is 0 Å². The van der Waals surface area contributed by atoms with Crippen molar-refractivity contribution >= 4 is 11.8 Å². The van der Waals surface area contributed by atoms with Crippen molar-refractivity contribution in [2.45, 2.75) is 50.9 Å². The first-order chi connectivity index (χ1) is 19.1. The fourth-order valence-corrected chi connectivity index (χ4v) is 4.73. The average molecular weight is 535 g/mol. The van der Waals surface area contributed by atoms with Gasteiger partial charge in [-0.05, 0) is 60.5 Å². The van der Waals surface area contributed by atoms with E-state index in [4.69, 9.17) is 18.3 Å². The second-order valence-corrected chi connectivity index (χ2v) is 9.22. The predicted octanol–water partition coefficient (Wildman–Crippen LogP) is 3.37. The Hall–Kier alpha value is -4.61. The SMILES string of the molecule is COc1ccc(-c2nnn(CC(=O)N(Cc3ccco3)[C@@H](C(=O)NC3CCCC3)c3ccco3)n2)cc1OC. The molecule has 0 bridgehead atoms. The number of ether oxygens (including phenoxy) is 2. The third kappa shape index (κ3) is 5.95. The van der Waals surface area contributed by atoms with Gasteiger partial charge in [-0.1, -0.05) is 12.8 Å². The average Bonchev–Trinajstić information content (AvgIpc) is 3.77. The minimum absolute atomic E-state index is 0.0481. The fraction of sp³-hybridized carbons (Fsp3) is 0.370. The molecular formula is C27H30N6O6. The first-order valence-corrected chi connectivity index (χ1v) is 12.7. The lowest BCUT2D eigenvalue weighted by Crippen LogP contribution is -2.46. The zero-order valence-electron chi connectivity index (χ0n) is 21.8. The number of nitrogens with one attached hydrogen (secondary N) is 1. The van der Waals surface area contributed by atoms with Crippen LogP contribution >= 0.6 is 0 Å². The molecule has 1 aromatic carbocycles. The molecule has 3 aromatic heterocycles. The molecule has 12 nitrogen and oxygen atoms in total. The lowest BCUT2D eigenvalue weighted by molar-refractivity contribution is -0.143. The smallest absolute Gasteiger partial charge is 0.250 e. The van der Waals surface area contributed by atoms with Gasteiger partial charge in [-0.25, -0.2) is 0 Å². The molecule has 5 rings (SSSR count). The van der Waals surface area contributed by atoms with Gasteiger partial charge in [0.25, 0.3) is 5.91 Å². The number of carbonyl (C=O) groups excluding carboxylic acids is 2. The first kappa shape index (κ1) is 26.0. The number of tetrazole rings is 1. The molecule has 0 unspecified atom stereocenters. The van der Waals surface area contributed by atoms with E-state index in [1.807, 2.05) is 0 Å². The Morgan fingerprint density at radius 3 is 2.54 bits per heavy atom. The summed E-state index contributed by atoms with van der Waals surface area (Å²) in [5, 5.41) is 15.7. The second-order valence-electron chi connectivity index (χ2n) is 9.22. The molecule has 39 heavy (non-hydrogen) atoms. The van der Waals surface area contributed by atoms with Crippen LogP contribution < -0.4 is 14.8 Å². The number of methoxy groups -OCH3 is 2. The number of furan rings is 2. The summed E-state index contributed by atoms with van der Waals surface area (Å²) in [4.78, 5) is 29.9. The van der Waals surface area contributed by atoms with Crippen molar-refractivity contribution < 1.29 is 27.9 Å². The number of hydrogen-bond donors (Lipinski definition) is 1. The van der Waals surface area contributed by atoms with Gasteiger partial charge in [-0.2, -0.15) is 4.80 Å². The van der Waals surface area contributed by atoms with Crippen LogP contribution in [0.5, 0.6) is 11.5 Å². The van der Waals surface area contributed by atoms with Crippen molar-refractivity contribution in [1.29, 1.82) is 0 Å². The maximum Gasteiger partial charge on any atom is 0.250 e. The first-order valence-electron chi connectivity index (χ1n) is 12.7. The van der Waals surface area contributed by atoms with Gasteiger partial charge in [0.05, 0.1) is 33.3 Å². The van der Waals surface area contributed by atoms with E-state index in [9.17, 15) is 9.59 Å². The van der Waals surface area contributed by atoms with Crippen LogP contribution in [0.1, 0.15) is 43.2 Å². The lowest BCUT2D eigenvalue weighted by Gasteiger charge is -2.30. The van der Waals surface area contributed by atoms with E-state index in [0.717, 1.165) is 25.7 Å². The molecule has 0 saturated heterocycles. The highest BCUT2D eigenvalue weighted by Gasteiger charge is 2.36. The third-order valence-corrected chi connectivity index (χ3v) is 6.67. The predicted molar refractivity (Wildman–Crippen MR) is 137 cm³/mol. The van der Waals surface area contributed by atoms with E-state index in [1.165, 1.54) is 29.3 Å². The zero-order chi connectivity index (χ0) is 27.2. The summed E-state index contributed by atoms with van der Waals surface area (Å²) in [5.74, 6) is 1.54. The minimum Gasteiger partial charge on any atom is -0.493 e. The molecule has 4 aromatic rings. The van der Waals surface area contributed by atoms with E-state index in [2.05, 4.69) is 20.7 Å². The van der Waals surface area contributed by atoms with Gasteiger partial charge in [-0.3, -0.25) is 9.59 Å². The number of rotatable bonds is 11. The number of aromatic nitrogens is 4. The summed E-state index contributed by atoms with van der Waals surface area (Å²) in [5.41, 5.74) is 0.642. The van der Waals surface area contributed by atoms with Gasteiger partial charge >= 0.3 is 0 Å². The minimum atomic E-state index is -1.01. The monoisotopic (exact) mass is 534 g/mol. The topological polar surface area (TPSA) is 138 Å². The quantitative estimate of drug-likeness (QED) is 0.307. The molecule has 0 radical (unpaired) electrons. The van der Waals surface area contributed by atoms with Crippen molar-refractivity contribution in [3.8, 4) is 22.9 Å². The molecule has 1 aliphatic carbocycles. The van der Waals surface area contributed by atoms with Crippen molar-refractivity contribution in [3.63, 3.8) is 0 Å². The van der Waals surface area contributed by atoms with Gasteiger partial charge in [0.2, 0.25) is 11.7 Å². The van der Waals surface area contributed by atoms with Crippen molar-refractivity contribution in [3.05, 3.63) is 66.5 Å². The van der Waals surface area contributed by atoms with E-state index < -0.39 is 11.9 Å². The van der Waals surface area contributed by atoms with Crippen molar-refractivity contribution in [1.82, 2.24) is 30.4 Å². The third-order valence-electron chi connectivity index (χ3n) is 6.67. The summed E-state index contributed by atoms with van der Waals surface area (Å²) in [7, 11) is 3.09. The van der Waals surface area contributed by atoms with Crippen LogP contribution in [-0.2, 0) is 22.7 Å². The summed E-state index contributed by atoms with van der Waals surface area (Å²) < 4.78 is 21.8. The van der Waals surface area contributed by atoms with E-state index in [0.29, 0.717) is 34.4 Å². The molecule has 0 aliphatic heterocycles. The maximum absolute atomic E-state index is 13.7. The molecule has 1 N–H and O–H groups in total. The van der Waals surface area contributed by atoms with Crippen LogP contribution in [0.3, 0.4) is 0 Å². The van der Waals surface area contributed by atoms with Gasteiger partial charge in [0, 0.05) is 11.6 Å². The Labute approximate surface area is 224 Å². The summed E-state index contributed by atoms with van der Waals surface area (Å²) in [6.45, 7) is -0.207. The molecule has 3 heterocycles. The summed E-state index contributed by atoms with van der Waals surface area (Å²) in [6, 6.07) is 11.1. The van der Waals surface area contributed by atoms with Crippen molar-refractivity contribution in [2.24, 2.45) is 0 Å². The van der Waals surface area contributed by atoms with Gasteiger partial charge in [0.1, 0.15) is 18.1 Å². The van der Waals surface area contributed by atoms with Gasteiger partial charge in [0.15, 0.2) is 17.5 Å². The molecular weight excluding hydrogens is 504 g/mol. The van der Waals surface area contributed by atoms with E-state index in [-0.39, 0.29) is 25.0 Å². The van der Waals surface area contributed by atoms with E-state index >= 15 is 0 Å². The Bertz CT molecular complexity index is 1380. The number of carbonyl (C=O) groups is 2. The molecule has 204 valence electrons. The standard InChI is InChI=1S/C27H30N6O6/c1-36-21-12-11-18(15-23(21)37-2)26-29-31-33(30-26)17-24(34)32(16-20-9-5-13-38-20)25(22-10-6-14-39-22)27(35)28-19-7-3-4-8-19/h5-6,9-15,19,25H,3-4,7-8,16-17H2,1-2H3,(H,28,35)/t25-/m1/s1.